The summed E-state index contributed by atoms with van der Waals surface area (Å²) in [5.41, 5.74) is 7.12. The van der Waals surface area contributed by atoms with Gasteiger partial charge in [0, 0.05) is 37.4 Å². The van der Waals surface area contributed by atoms with E-state index in [0.29, 0.717) is 25.2 Å². The Bertz CT molecular complexity index is 393. The quantitative estimate of drug-likeness (QED) is 0.895. The molecule has 0 saturated carbocycles. The maximum absolute atomic E-state index is 5.87. The van der Waals surface area contributed by atoms with Gasteiger partial charge in [0.25, 0.3) is 0 Å². The fourth-order valence-corrected chi connectivity index (χ4v) is 2.64. The monoisotopic (exact) mass is 263 g/mol. The molecule has 4 heteroatoms. The van der Waals surface area contributed by atoms with Crippen LogP contribution in [0, 0.1) is 0 Å². The van der Waals surface area contributed by atoms with Crippen molar-refractivity contribution >= 4 is 5.69 Å². The van der Waals surface area contributed by atoms with Crippen molar-refractivity contribution in [3.8, 4) is 5.75 Å². The average Bonchev–Trinajstić information content (AvgIpc) is 2.43. The third-order valence-corrected chi connectivity index (χ3v) is 3.97. The van der Waals surface area contributed by atoms with Crippen LogP contribution in [-0.2, 0) is 0 Å². The molecule has 1 aliphatic rings. The second kappa shape index (κ2) is 6.26. The Labute approximate surface area is 116 Å². The van der Waals surface area contributed by atoms with Gasteiger partial charge in [0.05, 0.1) is 6.61 Å². The number of benzene rings is 1. The van der Waals surface area contributed by atoms with Crippen molar-refractivity contribution in [1.29, 1.82) is 0 Å². The molecule has 0 radical (unpaired) electrons. The molecule has 2 unspecified atom stereocenters. The number of anilines is 1. The van der Waals surface area contributed by atoms with Gasteiger partial charge >= 0.3 is 0 Å². The Hall–Kier alpha value is -1.26. The first-order chi connectivity index (χ1) is 9.15. The van der Waals surface area contributed by atoms with E-state index in [-0.39, 0.29) is 0 Å². The molecule has 2 atom stereocenters. The highest BCUT2D eigenvalue weighted by atomic mass is 16.5. The fourth-order valence-electron chi connectivity index (χ4n) is 2.64. The van der Waals surface area contributed by atoms with Gasteiger partial charge in [0.1, 0.15) is 5.75 Å². The summed E-state index contributed by atoms with van der Waals surface area (Å²) >= 11 is 0. The molecule has 106 valence electrons. The maximum Gasteiger partial charge on any atom is 0.119 e. The minimum absolute atomic E-state index is 0.426. The lowest BCUT2D eigenvalue weighted by Gasteiger charge is -2.44. The minimum Gasteiger partial charge on any atom is -0.494 e. The van der Waals surface area contributed by atoms with E-state index in [2.05, 4.69) is 35.9 Å². The van der Waals surface area contributed by atoms with Gasteiger partial charge in [-0.2, -0.15) is 0 Å². The lowest BCUT2D eigenvalue weighted by Crippen LogP contribution is -2.58. The van der Waals surface area contributed by atoms with Crippen molar-refractivity contribution in [2.24, 2.45) is 5.73 Å². The third-order valence-electron chi connectivity index (χ3n) is 3.97. The lowest BCUT2D eigenvalue weighted by atomic mass is 10.1. The van der Waals surface area contributed by atoms with Crippen molar-refractivity contribution in [3.63, 3.8) is 0 Å². The second-order valence-corrected chi connectivity index (χ2v) is 5.24. The van der Waals surface area contributed by atoms with Crippen LogP contribution in [-0.4, -0.2) is 50.3 Å². The van der Waals surface area contributed by atoms with Crippen molar-refractivity contribution in [2.75, 3.05) is 38.2 Å². The number of nitrogens with zero attached hydrogens (tertiary/aromatic N) is 2. The number of likely N-dealkylation sites (N-methyl/N-ethyl adjacent to an activating group) is 1. The van der Waals surface area contributed by atoms with E-state index in [9.17, 15) is 0 Å². The summed E-state index contributed by atoms with van der Waals surface area (Å²) in [5, 5.41) is 0. The van der Waals surface area contributed by atoms with Crippen LogP contribution in [0.4, 0.5) is 5.69 Å². The summed E-state index contributed by atoms with van der Waals surface area (Å²) < 4.78 is 5.48. The standard InChI is InChI=1S/C15H25N3O/c1-4-19-15-7-5-13(6-8-15)18-10-12(2)17(3)14(9-16)11-18/h5-8,12,14H,4,9-11,16H2,1-3H3. The first-order valence-corrected chi connectivity index (χ1v) is 7.05. The summed E-state index contributed by atoms with van der Waals surface area (Å²) in [6.07, 6.45) is 0. The van der Waals surface area contributed by atoms with Gasteiger partial charge < -0.3 is 15.4 Å². The zero-order chi connectivity index (χ0) is 13.8. The molecule has 1 saturated heterocycles. The lowest BCUT2D eigenvalue weighted by molar-refractivity contribution is 0.162. The van der Waals surface area contributed by atoms with Crippen LogP contribution in [0.3, 0.4) is 0 Å². The summed E-state index contributed by atoms with van der Waals surface area (Å²) in [6, 6.07) is 9.30. The van der Waals surface area contributed by atoms with Crippen LogP contribution in [0.5, 0.6) is 5.75 Å². The van der Waals surface area contributed by atoms with E-state index in [1.165, 1.54) is 5.69 Å². The normalized spacial score (nSPS) is 24.5. The summed E-state index contributed by atoms with van der Waals surface area (Å²) in [6.45, 7) is 7.70. The topological polar surface area (TPSA) is 41.7 Å². The molecular formula is C15H25N3O. The maximum atomic E-state index is 5.87. The van der Waals surface area contributed by atoms with Gasteiger partial charge in [-0.1, -0.05) is 0 Å². The van der Waals surface area contributed by atoms with Gasteiger partial charge in [-0.25, -0.2) is 0 Å². The highest BCUT2D eigenvalue weighted by molar-refractivity contribution is 5.50. The molecule has 0 aromatic heterocycles. The molecular weight excluding hydrogens is 238 g/mol. The largest absolute Gasteiger partial charge is 0.494 e. The van der Waals surface area contributed by atoms with E-state index >= 15 is 0 Å². The Morgan fingerprint density at radius 1 is 1.26 bits per heavy atom. The van der Waals surface area contributed by atoms with Crippen LogP contribution in [0.25, 0.3) is 0 Å². The van der Waals surface area contributed by atoms with Crippen LogP contribution < -0.4 is 15.4 Å². The molecule has 0 bridgehead atoms. The van der Waals surface area contributed by atoms with E-state index in [4.69, 9.17) is 10.5 Å². The predicted molar refractivity (Wildman–Crippen MR) is 79.9 cm³/mol. The average molecular weight is 263 g/mol. The van der Waals surface area contributed by atoms with Crippen LogP contribution >= 0.6 is 0 Å². The molecule has 0 spiro atoms. The van der Waals surface area contributed by atoms with E-state index in [1.807, 2.05) is 19.1 Å². The molecule has 1 aromatic carbocycles. The highest BCUT2D eigenvalue weighted by Gasteiger charge is 2.28. The van der Waals surface area contributed by atoms with Crippen LogP contribution in [0.15, 0.2) is 24.3 Å². The van der Waals surface area contributed by atoms with Crippen LogP contribution in [0.2, 0.25) is 0 Å². The smallest absolute Gasteiger partial charge is 0.119 e. The molecule has 19 heavy (non-hydrogen) atoms. The third kappa shape index (κ3) is 3.19. The zero-order valence-corrected chi connectivity index (χ0v) is 12.2. The Morgan fingerprint density at radius 2 is 1.95 bits per heavy atom. The molecule has 4 nitrogen and oxygen atoms in total. The molecule has 1 fully saturated rings. The van der Waals surface area contributed by atoms with Crippen molar-refractivity contribution in [3.05, 3.63) is 24.3 Å². The number of rotatable bonds is 4. The van der Waals surface area contributed by atoms with E-state index in [0.717, 1.165) is 18.8 Å². The van der Waals surface area contributed by atoms with Gasteiger partial charge in [0.15, 0.2) is 0 Å². The zero-order valence-electron chi connectivity index (χ0n) is 12.2. The number of ether oxygens (including phenoxy) is 1. The molecule has 2 N–H and O–H groups in total. The Kier molecular flexibility index (Phi) is 4.66. The number of nitrogens with two attached hydrogens (primary N) is 1. The van der Waals surface area contributed by atoms with E-state index in [1.54, 1.807) is 0 Å². The van der Waals surface area contributed by atoms with Crippen molar-refractivity contribution in [2.45, 2.75) is 25.9 Å². The molecule has 0 amide bonds. The van der Waals surface area contributed by atoms with Crippen LogP contribution in [0.1, 0.15) is 13.8 Å². The number of hydrogen-bond donors (Lipinski definition) is 1. The molecule has 0 aliphatic carbocycles. The summed E-state index contributed by atoms with van der Waals surface area (Å²) in [7, 11) is 2.16. The van der Waals surface area contributed by atoms with Crippen molar-refractivity contribution in [1.82, 2.24) is 4.90 Å². The molecule has 2 rings (SSSR count). The second-order valence-electron chi connectivity index (χ2n) is 5.24. The SMILES string of the molecule is CCOc1ccc(N2CC(C)N(C)C(CN)C2)cc1. The highest BCUT2D eigenvalue weighted by Crippen LogP contribution is 2.23. The molecule has 1 aliphatic heterocycles. The van der Waals surface area contributed by atoms with Crippen molar-refractivity contribution < 1.29 is 4.74 Å². The summed E-state index contributed by atoms with van der Waals surface area (Å²) in [4.78, 5) is 4.79. The first kappa shape index (κ1) is 14.2. The fraction of sp³-hybridized carbons (Fsp3) is 0.600. The first-order valence-electron chi connectivity index (χ1n) is 7.05. The minimum atomic E-state index is 0.426. The van der Waals surface area contributed by atoms with Gasteiger partial charge in [0.2, 0.25) is 0 Å². The number of hydrogen-bond acceptors (Lipinski definition) is 4. The Balaban J connectivity index is 2.08. The van der Waals surface area contributed by atoms with Gasteiger partial charge in [-0.05, 0) is 45.2 Å². The Morgan fingerprint density at radius 3 is 2.53 bits per heavy atom. The molecule has 1 aromatic rings. The van der Waals surface area contributed by atoms with E-state index < -0.39 is 0 Å². The van der Waals surface area contributed by atoms with Gasteiger partial charge in [-0.3, -0.25) is 4.90 Å². The summed E-state index contributed by atoms with van der Waals surface area (Å²) in [5.74, 6) is 0.934. The number of piperazine rings is 1. The molecule has 1 heterocycles. The van der Waals surface area contributed by atoms with Gasteiger partial charge in [-0.15, -0.1) is 0 Å². The predicted octanol–water partition coefficient (Wildman–Crippen LogP) is 1.55.